The predicted molar refractivity (Wildman–Crippen MR) is 55.1 cm³/mol. The molecule has 1 nitrogen and oxygen atoms in total. The Morgan fingerprint density at radius 3 is 2.92 bits per heavy atom. The summed E-state index contributed by atoms with van der Waals surface area (Å²) in [6.07, 6.45) is 0.997. The van der Waals surface area contributed by atoms with E-state index in [2.05, 4.69) is 25.6 Å². The third-order valence-electron chi connectivity index (χ3n) is 1.56. The highest BCUT2D eigenvalue weighted by Crippen LogP contribution is 2.12. The van der Waals surface area contributed by atoms with E-state index < -0.39 is 0 Å². The van der Waals surface area contributed by atoms with E-state index in [1.165, 1.54) is 5.56 Å². The Kier molecular flexibility index (Phi) is 4.01. The standard InChI is InChI=1S/C10H14OS/c1-9-4-2-5-10(8-9)11-6-3-7-12/h2,4-5,8,12H,3,6-7H2,1H3. The van der Waals surface area contributed by atoms with Crippen LogP contribution in [-0.4, -0.2) is 12.4 Å². The Morgan fingerprint density at radius 2 is 2.25 bits per heavy atom. The van der Waals surface area contributed by atoms with Gasteiger partial charge in [-0.3, -0.25) is 0 Å². The summed E-state index contributed by atoms with van der Waals surface area (Å²) in [4.78, 5) is 0. The second-order valence-electron chi connectivity index (χ2n) is 2.74. The van der Waals surface area contributed by atoms with Crippen LogP contribution in [0.4, 0.5) is 0 Å². The second kappa shape index (κ2) is 5.09. The molecule has 0 unspecified atom stereocenters. The van der Waals surface area contributed by atoms with Crippen LogP contribution in [0.2, 0.25) is 0 Å². The fraction of sp³-hybridized carbons (Fsp3) is 0.400. The molecule has 0 radical (unpaired) electrons. The summed E-state index contributed by atoms with van der Waals surface area (Å²) in [5.41, 5.74) is 1.23. The van der Waals surface area contributed by atoms with Crippen molar-refractivity contribution < 1.29 is 4.74 Å². The lowest BCUT2D eigenvalue weighted by Gasteiger charge is -2.04. The number of aryl methyl sites for hydroxylation is 1. The van der Waals surface area contributed by atoms with Gasteiger partial charge in [0, 0.05) is 0 Å². The fourth-order valence-corrected chi connectivity index (χ4v) is 1.09. The van der Waals surface area contributed by atoms with E-state index in [1.54, 1.807) is 0 Å². The lowest BCUT2D eigenvalue weighted by molar-refractivity contribution is 0.318. The summed E-state index contributed by atoms with van der Waals surface area (Å²) in [6.45, 7) is 2.82. The first-order valence-corrected chi connectivity index (χ1v) is 4.76. The molecule has 0 N–H and O–H groups in total. The van der Waals surface area contributed by atoms with Gasteiger partial charge in [-0.15, -0.1) is 0 Å². The van der Waals surface area contributed by atoms with Gasteiger partial charge in [0.05, 0.1) is 6.61 Å². The van der Waals surface area contributed by atoms with Crippen LogP contribution >= 0.6 is 12.6 Å². The van der Waals surface area contributed by atoms with E-state index in [4.69, 9.17) is 4.74 Å². The molecule has 0 saturated carbocycles. The van der Waals surface area contributed by atoms with Crippen LogP contribution in [0.3, 0.4) is 0 Å². The van der Waals surface area contributed by atoms with Gasteiger partial charge in [0.2, 0.25) is 0 Å². The van der Waals surface area contributed by atoms with Crippen LogP contribution in [0.25, 0.3) is 0 Å². The molecular weight excluding hydrogens is 168 g/mol. The fourth-order valence-electron chi connectivity index (χ4n) is 0.960. The third kappa shape index (κ3) is 3.18. The SMILES string of the molecule is Cc1cccc(OCCCS)c1. The van der Waals surface area contributed by atoms with Gasteiger partial charge in [-0.05, 0) is 36.8 Å². The quantitative estimate of drug-likeness (QED) is 0.556. The number of ether oxygens (including phenoxy) is 1. The molecule has 0 aromatic heterocycles. The molecule has 0 atom stereocenters. The van der Waals surface area contributed by atoms with Crippen LogP contribution in [0.5, 0.6) is 5.75 Å². The van der Waals surface area contributed by atoms with Gasteiger partial charge in [0.25, 0.3) is 0 Å². The van der Waals surface area contributed by atoms with Gasteiger partial charge < -0.3 is 4.74 Å². The van der Waals surface area contributed by atoms with Crippen molar-refractivity contribution >= 4 is 12.6 Å². The highest BCUT2D eigenvalue weighted by Gasteiger charge is 1.91. The van der Waals surface area contributed by atoms with Crippen LogP contribution < -0.4 is 4.74 Å². The minimum Gasteiger partial charge on any atom is -0.494 e. The largest absolute Gasteiger partial charge is 0.494 e. The van der Waals surface area contributed by atoms with Crippen LogP contribution in [0.1, 0.15) is 12.0 Å². The molecule has 0 aliphatic carbocycles. The van der Waals surface area contributed by atoms with Crippen LogP contribution in [0.15, 0.2) is 24.3 Å². The summed E-state index contributed by atoms with van der Waals surface area (Å²) in [6, 6.07) is 8.08. The first-order chi connectivity index (χ1) is 5.83. The van der Waals surface area contributed by atoms with Gasteiger partial charge in [0.1, 0.15) is 5.75 Å². The average Bonchev–Trinajstić information content (AvgIpc) is 2.05. The van der Waals surface area contributed by atoms with Gasteiger partial charge in [0.15, 0.2) is 0 Å². The summed E-state index contributed by atoms with van der Waals surface area (Å²) >= 11 is 4.11. The molecule has 0 aliphatic heterocycles. The number of thiol groups is 1. The summed E-state index contributed by atoms with van der Waals surface area (Å²) in [7, 11) is 0. The van der Waals surface area contributed by atoms with E-state index in [9.17, 15) is 0 Å². The molecular formula is C10H14OS. The zero-order valence-corrected chi connectivity index (χ0v) is 8.18. The Bertz CT molecular complexity index is 235. The summed E-state index contributed by atoms with van der Waals surface area (Å²) in [5.74, 6) is 1.84. The summed E-state index contributed by atoms with van der Waals surface area (Å²) in [5, 5.41) is 0. The number of rotatable bonds is 4. The molecule has 0 heterocycles. The average molecular weight is 182 g/mol. The number of hydrogen-bond donors (Lipinski definition) is 1. The smallest absolute Gasteiger partial charge is 0.119 e. The maximum absolute atomic E-state index is 5.48. The molecule has 0 amide bonds. The Balaban J connectivity index is 2.41. The van der Waals surface area contributed by atoms with Crippen molar-refractivity contribution in [2.75, 3.05) is 12.4 Å². The topological polar surface area (TPSA) is 9.23 Å². The zero-order chi connectivity index (χ0) is 8.81. The normalized spacial score (nSPS) is 9.83. The minimum atomic E-state index is 0.757. The highest BCUT2D eigenvalue weighted by molar-refractivity contribution is 7.80. The maximum atomic E-state index is 5.48. The van der Waals surface area contributed by atoms with Crippen molar-refractivity contribution in [3.8, 4) is 5.75 Å². The molecule has 1 rings (SSSR count). The molecule has 0 saturated heterocycles. The maximum Gasteiger partial charge on any atom is 0.119 e. The van der Waals surface area contributed by atoms with Crippen molar-refractivity contribution in [3.05, 3.63) is 29.8 Å². The van der Waals surface area contributed by atoms with E-state index in [1.807, 2.05) is 18.2 Å². The van der Waals surface area contributed by atoms with E-state index in [0.29, 0.717) is 0 Å². The van der Waals surface area contributed by atoms with Crippen LogP contribution in [-0.2, 0) is 0 Å². The van der Waals surface area contributed by atoms with Gasteiger partial charge in [-0.1, -0.05) is 12.1 Å². The van der Waals surface area contributed by atoms with Crippen molar-refractivity contribution in [3.63, 3.8) is 0 Å². The van der Waals surface area contributed by atoms with Crippen molar-refractivity contribution in [1.82, 2.24) is 0 Å². The van der Waals surface area contributed by atoms with E-state index in [0.717, 1.165) is 24.5 Å². The predicted octanol–water partition coefficient (Wildman–Crippen LogP) is 2.69. The third-order valence-corrected chi connectivity index (χ3v) is 1.88. The van der Waals surface area contributed by atoms with Gasteiger partial charge in [-0.25, -0.2) is 0 Å². The Hall–Kier alpha value is -0.630. The molecule has 12 heavy (non-hydrogen) atoms. The van der Waals surface area contributed by atoms with Gasteiger partial charge in [-0.2, -0.15) is 12.6 Å². The molecule has 0 spiro atoms. The van der Waals surface area contributed by atoms with E-state index >= 15 is 0 Å². The zero-order valence-electron chi connectivity index (χ0n) is 7.29. The number of hydrogen-bond acceptors (Lipinski definition) is 2. The molecule has 0 fully saturated rings. The van der Waals surface area contributed by atoms with Crippen molar-refractivity contribution in [2.24, 2.45) is 0 Å². The van der Waals surface area contributed by atoms with Gasteiger partial charge >= 0.3 is 0 Å². The number of benzene rings is 1. The Labute approximate surface area is 79.2 Å². The molecule has 2 heteroatoms. The molecule has 0 bridgehead atoms. The first-order valence-electron chi connectivity index (χ1n) is 4.13. The summed E-state index contributed by atoms with van der Waals surface area (Å²) < 4.78 is 5.48. The molecule has 0 aliphatic rings. The van der Waals surface area contributed by atoms with Crippen LogP contribution in [0, 0.1) is 6.92 Å². The highest BCUT2D eigenvalue weighted by atomic mass is 32.1. The van der Waals surface area contributed by atoms with E-state index in [-0.39, 0.29) is 0 Å². The monoisotopic (exact) mass is 182 g/mol. The van der Waals surface area contributed by atoms with Crippen molar-refractivity contribution in [2.45, 2.75) is 13.3 Å². The molecule has 1 aromatic rings. The molecule has 66 valence electrons. The second-order valence-corrected chi connectivity index (χ2v) is 3.19. The lowest BCUT2D eigenvalue weighted by atomic mass is 10.2. The first kappa shape index (κ1) is 9.46. The minimum absolute atomic E-state index is 0.757. The Morgan fingerprint density at radius 1 is 1.42 bits per heavy atom. The molecule has 1 aromatic carbocycles. The lowest BCUT2D eigenvalue weighted by Crippen LogP contribution is -1.97. The van der Waals surface area contributed by atoms with Crippen molar-refractivity contribution in [1.29, 1.82) is 0 Å².